The van der Waals surface area contributed by atoms with Crippen LogP contribution in [0.4, 0.5) is 18.9 Å². The van der Waals surface area contributed by atoms with Gasteiger partial charge >= 0.3 is 12.1 Å². The van der Waals surface area contributed by atoms with Crippen LogP contribution in [0.5, 0.6) is 5.75 Å². The molecule has 0 aliphatic carbocycles. The summed E-state index contributed by atoms with van der Waals surface area (Å²) in [6, 6.07) is 7.04. The van der Waals surface area contributed by atoms with E-state index in [2.05, 4.69) is 10.1 Å². The molecule has 0 saturated carbocycles. The Morgan fingerprint density at radius 1 is 1.08 bits per heavy atom. The van der Waals surface area contributed by atoms with Gasteiger partial charge in [0.05, 0.1) is 21.2 Å². The van der Waals surface area contributed by atoms with Crippen molar-refractivity contribution < 1.29 is 27.5 Å². The molecule has 0 aliphatic heterocycles. The Labute approximate surface area is 150 Å². The quantitative estimate of drug-likeness (QED) is 0.578. The third-order valence-corrected chi connectivity index (χ3v) is 3.73. The number of esters is 1. The maximum atomic E-state index is 13.1. The van der Waals surface area contributed by atoms with Crippen LogP contribution in [-0.4, -0.2) is 11.9 Å². The van der Waals surface area contributed by atoms with Gasteiger partial charge in [0.1, 0.15) is 0 Å². The molecule has 0 radical (unpaired) electrons. The molecule has 0 heterocycles. The van der Waals surface area contributed by atoms with Crippen molar-refractivity contribution in [2.45, 2.75) is 13.1 Å². The van der Waals surface area contributed by atoms with Crippen LogP contribution in [0.3, 0.4) is 0 Å². The molecular formula is C16H10Cl2F3NO3. The van der Waals surface area contributed by atoms with Crippen LogP contribution in [-0.2, 0) is 11.0 Å². The van der Waals surface area contributed by atoms with E-state index in [0.717, 1.165) is 19.1 Å². The summed E-state index contributed by atoms with van der Waals surface area (Å²) in [6.45, 7) is 0.938. The van der Waals surface area contributed by atoms with Gasteiger partial charge in [-0.15, -0.1) is 0 Å². The normalized spacial score (nSPS) is 11.1. The van der Waals surface area contributed by atoms with E-state index in [1.807, 2.05) is 0 Å². The maximum Gasteiger partial charge on any atom is 0.420 e. The first-order valence-electron chi connectivity index (χ1n) is 6.74. The first kappa shape index (κ1) is 19.1. The molecule has 0 saturated heterocycles. The van der Waals surface area contributed by atoms with Crippen molar-refractivity contribution >= 4 is 40.8 Å². The average Bonchev–Trinajstić information content (AvgIpc) is 2.49. The monoisotopic (exact) mass is 391 g/mol. The Morgan fingerprint density at radius 2 is 1.76 bits per heavy atom. The Hall–Kier alpha value is -2.25. The van der Waals surface area contributed by atoms with Gasteiger partial charge < -0.3 is 10.1 Å². The van der Waals surface area contributed by atoms with E-state index in [0.29, 0.717) is 6.07 Å². The second-order valence-electron chi connectivity index (χ2n) is 4.86. The molecule has 0 fully saturated rings. The number of carbonyl (C=O) groups is 2. The zero-order valence-electron chi connectivity index (χ0n) is 12.6. The van der Waals surface area contributed by atoms with Gasteiger partial charge in [0, 0.05) is 12.6 Å². The van der Waals surface area contributed by atoms with Crippen LogP contribution in [0, 0.1) is 0 Å². The van der Waals surface area contributed by atoms with E-state index in [4.69, 9.17) is 23.2 Å². The fourth-order valence-corrected chi connectivity index (χ4v) is 2.26. The number of anilines is 1. The minimum absolute atomic E-state index is 0.156. The zero-order chi connectivity index (χ0) is 18.8. The molecule has 1 N–H and O–H groups in total. The molecule has 2 rings (SSSR count). The van der Waals surface area contributed by atoms with Crippen molar-refractivity contribution in [3.05, 3.63) is 57.6 Å². The lowest BCUT2D eigenvalue weighted by Gasteiger charge is -2.16. The summed E-state index contributed by atoms with van der Waals surface area (Å²) in [5, 5.41) is 2.78. The smallest absolute Gasteiger partial charge is 0.420 e. The summed E-state index contributed by atoms with van der Waals surface area (Å²) in [5.74, 6) is -2.75. The van der Waals surface area contributed by atoms with E-state index in [1.165, 1.54) is 18.2 Å². The van der Waals surface area contributed by atoms with Crippen LogP contribution < -0.4 is 10.1 Å². The van der Waals surface area contributed by atoms with E-state index in [1.54, 1.807) is 0 Å². The standard InChI is InChI=1S/C16H10Cl2F3NO3/c1-8(23)25-14-10(3-2-4-11(14)16(19,20)21)15(24)22-9-5-6-12(17)13(18)7-9/h2-7H,1H3,(H,22,24). The molecule has 1 amide bonds. The summed E-state index contributed by atoms with van der Waals surface area (Å²) in [5.41, 5.74) is -1.47. The topological polar surface area (TPSA) is 55.4 Å². The molecule has 2 aromatic rings. The number of alkyl halides is 3. The highest BCUT2D eigenvalue weighted by Gasteiger charge is 2.37. The van der Waals surface area contributed by atoms with Crippen molar-refractivity contribution in [2.24, 2.45) is 0 Å². The molecule has 9 heteroatoms. The van der Waals surface area contributed by atoms with Gasteiger partial charge in [0.25, 0.3) is 5.91 Å². The van der Waals surface area contributed by atoms with Crippen LogP contribution >= 0.6 is 23.2 Å². The second-order valence-corrected chi connectivity index (χ2v) is 5.67. The Kier molecular flexibility index (Phi) is 5.59. The second kappa shape index (κ2) is 7.33. The predicted octanol–water partition coefficient (Wildman–Crippen LogP) is 5.19. The first-order chi connectivity index (χ1) is 11.6. The summed E-state index contributed by atoms with van der Waals surface area (Å²) in [4.78, 5) is 23.5. The average molecular weight is 392 g/mol. The first-order valence-corrected chi connectivity index (χ1v) is 7.50. The van der Waals surface area contributed by atoms with Gasteiger partial charge in [-0.1, -0.05) is 29.3 Å². The number of carbonyl (C=O) groups excluding carboxylic acids is 2. The molecule has 0 atom stereocenters. The van der Waals surface area contributed by atoms with Crippen LogP contribution in [0.15, 0.2) is 36.4 Å². The van der Waals surface area contributed by atoms with Gasteiger partial charge in [-0.2, -0.15) is 13.2 Å². The van der Waals surface area contributed by atoms with Crippen LogP contribution in [0.1, 0.15) is 22.8 Å². The van der Waals surface area contributed by atoms with Gasteiger partial charge in [-0.05, 0) is 30.3 Å². The Balaban J connectivity index is 2.44. The number of hydrogen-bond donors (Lipinski definition) is 1. The summed E-state index contributed by atoms with van der Waals surface area (Å²) in [6.07, 6.45) is -4.80. The van der Waals surface area contributed by atoms with Crippen molar-refractivity contribution in [3.63, 3.8) is 0 Å². The molecule has 0 aromatic heterocycles. The van der Waals surface area contributed by atoms with Crippen molar-refractivity contribution in [3.8, 4) is 5.75 Å². The minimum Gasteiger partial charge on any atom is -0.425 e. The molecule has 0 spiro atoms. The molecule has 0 aliphatic rings. The number of nitrogens with one attached hydrogen (secondary N) is 1. The van der Waals surface area contributed by atoms with E-state index in [9.17, 15) is 22.8 Å². The number of halogens is 5. The lowest BCUT2D eigenvalue weighted by molar-refractivity contribution is -0.141. The fraction of sp³-hybridized carbons (Fsp3) is 0.125. The molecule has 25 heavy (non-hydrogen) atoms. The van der Waals surface area contributed by atoms with Crippen molar-refractivity contribution in [1.82, 2.24) is 0 Å². The van der Waals surface area contributed by atoms with Crippen molar-refractivity contribution in [2.75, 3.05) is 5.32 Å². The third-order valence-electron chi connectivity index (χ3n) is 2.99. The van der Waals surface area contributed by atoms with Gasteiger partial charge in [0.2, 0.25) is 0 Å². The number of hydrogen-bond acceptors (Lipinski definition) is 3. The molecular weight excluding hydrogens is 382 g/mol. The van der Waals surface area contributed by atoms with Crippen LogP contribution in [0.25, 0.3) is 0 Å². The molecule has 0 bridgehead atoms. The number of ether oxygens (including phenoxy) is 1. The highest BCUT2D eigenvalue weighted by molar-refractivity contribution is 6.42. The fourth-order valence-electron chi connectivity index (χ4n) is 1.97. The van der Waals surface area contributed by atoms with E-state index in [-0.39, 0.29) is 15.7 Å². The lowest BCUT2D eigenvalue weighted by Crippen LogP contribution is -2.18. The highest BCUT2D eigenvalue weighted by atomic mass is 35.5. The Morgan fingerprint density at radius 3 is 2.32 bits per heavy atom. The number of para-hydroxylation sites is 1. The largest absolute Gasteiger partial charge is 0.425 e. The minimum atomic E-state index is -4.80. The SMILES string of the molecule is CC(=O)Oc1c(C(=O)Nc2ccc(Cl)c(Cl)c2)cccc1C(F)(F)F. The molecule has 0 unspecified atom stereocenters. The number of benzene rings is 2. The molecule has 4 nitrogen and oxygen atoms in total. The lowest BCUT2D eigenvalue weighted by atomic mass is 10.1. The molecule has 132 valence electrons. The molecule has 2 aromatic carbocycles. The maximum absolute atomic E-state index is 13.1. The van der Waals surface area contributed by atoms with Gasteiger partial charge in [-0.25, -0.2) is 0 Å². The number of rotatable bonds is 3. The van der Waals surface area contributed by atoms with E-state index >= 15 is 0 Å². The summed E-state index contributed by atoms with van der Waals surface area (Å²) < 4.78 is 44.0. The summed E-state index contributed by atoms with van der Waals surface area (Å²) in [7, 11) is 0. The number of amides is 1. The van der Waals surface area contributed by atoms with Crippen molar-refractivity contribution in [1.29, 1.82) is 0 Å². The highest BCUT2D eigenvalue weighted by Crippen LogP contribution is 2.38. The van der Waals surface area contributed by atoms with Gasteiger partial charge in [0.15, 0.2) is 5.75 Å². The predicted molar refractivity (Wildman–Crippen MR) is 87.2 cm³/mol. The zero-order valence-corrected chi connectivity index (χ0v) is 14.1. The Bertz CT molecular complexity index is 838. The third kappa shape index (κ3) is 4.64. The summed E-state index contributed by atoms with van der Waals surface area (Å²) >= 11 is 11.6. The van der Waals surface area contributed by atoms with Gasteiger partial charge in [-0.3, -0.25) is 9.59 Å². The van der Waals surface area contributed by atoms with Crippen LogP contribution in [0.2, 0.25) is 10.0 Å². The van der Waals surface area contributed by atoms with E-state index < -0.39 is 34.9 Å².